The van der Waals surface area contributed by atoms with Gasteiger partial charge in [-0.1, -0.05) is 29.8 Å². The molecule has 0 aliphatic rings. The van der Waals surface area contributed by atoms with Gasteiger partial charge in [-0.25, -0.2) is 0 Å². The van der Waals surface area contributed by atoms with Crippen LogP contribution in [0.3, 0.4) is 0 Å². The Labute approximate surface area is 135 Å². The molecule has 3 rings (SSSR count). The van der Waals surface area contributed by atoms with E-state index in [2.05, 4.69) is 20.4 Å². The van der Waals surface area contributed by atoms with Crippen molar-refractivity contribution >= 4 is 22.5 Å². The molecule has 0 radical (unpaired) electrons. The minimum atomic E-state index is -0.150. The Morgan fingerprint density at radius 2 is 2.00 bits per heavy atom. The van der Waals surface area contributed by atoms with Gasteiger partial charge in [-0.3, -0.25) is 9.89 Å². The van der Waals surface area contributed by atoms with Gasteiger partial charge in [0.2, 0.25) is 0 Å². The number of carbonyl (C=O) groups is 1. The highest BCUT2D eigenvalue weighted by molar-refractivity contribution is 6.04. The normalized spacial score (nSPS) is 10.7. The van der Waals surface area contributed by atoms with Crippen LogP contribution in [0, 0.1) is 6.92 Å². The lowest BCUT2D eigenvalue weighted by Crippen LogP contribution is -2.33. The summed E-state index contributed by atoms with van der Waals surface area (Å²) in [6.45, 7) is 3.30. The summed E-state index contributed by atoms with van der Waals surface area (Å²) in [4.78, 5) is 14.4. The fourth-order valence-electron chi connectivity index (χ4n) is 2.53. The molecule has 0 saturated heterocycles. The molecular formula is C18H20N4O. The summed E-state index contributed by atoms with van der Waals surface area (Å²) in [7, 11) is 2.01. The summed E-state index contributed by atoms with van der Waals surface area (Å²) in [6, 6.07) is 16.0. The Hall–Kier alpha value is -2.82. The van der Waals surface area contributed by atoms with Crippen molar-refractivity contribution < 1.29 is 4.79 Å². The maximum atomic E-state index is 12.3. The molecule has 3 aromatic rings. The molecule has 5 nitrogen and oxygen atoms in total. The molecule has 118 valence electrons. The molecule has 0 fully saturated rings. The van der Waals surface area contributed by atoms with E-state index in [9.17, 15) is 4.79 Å². The van der Waals surface area contributed by atoms with E-state index in [-0.39, 0.29) is 5.91 Å². The van der Waals surface area contributed by atoms with Gasteiger partial charge in [0.25, 0.3) is 5.91 Å². The zero-order valence-corrected chi connectivity index (χ0v) is 13.3. The average molecular weight is 308 g/mol. The van der Waals surface area contributed by atoms with E-state index in [1.165, 1.54) is 0 Å². The Balaban J connectivity index is 1.62. The van der Waals surface area contributed by atoms with Crippen molar-refractivity contribution in [2.75, 3.05) is 25.0 Å². The van der Waals surface area contributed by atoms with Crippen LogP contribution in [-0.4, -0.2) is 36.2 Å². The van der Waals surface area contributed by atoms with Crippen molar-refractivity contribution in [3.63, 3.8) is 0 Å². The minimum absolute atomic E-state index is 0.150. The number of anilines is 1. The van der Waals surface area contributed by atoms with Gasteiger partial charge in [0.1, 0.15) is 0 Å². The Morgan fingerprint density at radius 1 is 1.22 bits per heavy atom. The first-order chi connectivity index (χ1) is 11.1. The third-order valence-corrected chi connectivity index (χ3v) is 3.86. The maximum Gasteiger partial charge on any atom is 0.272 e. The van der Waals surface area contributed by atoms with Crippen LogP contribution in [0.25, 0.3) is 10.9 Å². The molecule has 0 atom stereocenters. The summed E-state index contributed by atoms with van der Waals surface area (Å²) in [6.07, 6.45) is 0. The SMILES string of the molecule is Cc1ccc2[nH]nc(C(=O)NCCN(C)c3ccccc3)c2c1. The standard InChI is InChI=1S/C18H20N4O/c1-13-8-9-16-15(12-13)17(21-20-16)18(23)19-10-11-22(2)14-6-4-3-5-7-14/h3-9,12H,10-11H2,1-2H3,(H,19,23)(H,20,21). The fourth-order valence-corrected chi connectivity index (χ4v) is 2.53. The first-order valence-corrected chi connectivity index (χ1v) is 7.64. The highest BCUT2D eigenvalue weighted by atomic mass is 16.1. The van der Waals surface area contributed by atoms with Gasteiger partial charge < -0.3 is 10.2 Å². The number of hydrogen-bond donors (Lipinski definition) is 2. The number of fused-ring (bicyclic) bond motifs is 1. The molecule has 2 aromatic carbocycles. The zero-order valence-electron chi connectivity index (χ0n) is 13.3. The second-order valence-corrected chi connectivity index (χ2v) is 5.63. The minimum Gasteiger partial charge on any atom is -0.373 e. The Kier molecular flexibility index (Phi) is 4.28. The van der Waals surface area contributed by atoms with Crippen molar-refractivity contribution in [1.82, 2.24) is 15.5 Å². The predicted octanol–water partition coefficient (Wildman–Crippen LogP) is 2.74. The number of aromatic nitrogens is 2. The van der Waals surface area contributed by atoms with E-state index in [1.807, 2.05) is 62.5 Å². The van der Waals surface area contributed by atoms with Gasteiger partial charge in [0.15, 0.2) is 5.69 Å². The van der Waals surface area contributed by atoms with E-state index < -0.39 is 0 Å². The number of aromatic amines is 1. The molecule has 0 spiro atoms. The number of nitrogens with zero attached hydrogens (tertiary/aromatic N) is 2. The molecule has 0 aliphatic carbocycles. The third-order valence-electron chi connectivity index (χ3n) is 3.86. The van der Waals surface area contributed by atoms with Crippen molar-refractivity contribution in [1.29, 1.82) is 0 Å². The fraction of sp³-hybridized carbons (Fsp3) is 0.222. The second-order valence-electron chi connectivity index (χ2n) is 5.63. The first-order valence-electron chi connectivity index (χ1n) is 7.64. The number of hydrogen-bond acceptors (Lipinski definition) is 3. The van der Waals surface area contributed by atoms with Gasteiger partial charge in [-0.15, -0.1) is 0 Å². The van der Waals surface area contributed by atoms with Gasteiger partial charge in [-0.05, 0) is 31.2 Å². The third kappa shape index (κ3) is 3.34. The number of benzene rings is 2. The molecule has 1 heterocycles. The lowest BCUT2D eigenvalue weighted by atomic mass is 10.1. The number of likely N-dealkylation sites (N-methyl/N-ethyl adjacent to an activating group) is 1. The van der Waals surface area contributed by atoms with Crippen LogP contribution < -0.4 is 10.2 Å². The lowest BCUT2D eigenvalue weighted by Gasteiger charge is -2.19. The van der Waals surface area contributed by atoms with E-state index in [0.717, 1.165) is 28.7 Å². The summed E-state index contributed by atoms with van der Waals surface area (Å²) in [5, 5.41) is 10.8. The molecule has 0 bridgehead atoms. The summed E-state index contributed by atoms with van der Waals surface area (Å²) >= 11 is 0. The zero-order chi connectivity index (χ0) is 16.2. The molecule has 0 saturated carbocycles. The Morgan fingerprint density at radius 3 is 2.78 bits per heavy atom. The monoisotopic (exact) mass is 308 g/mol. The van der Waals surface area contributed by atoms with Gasteiger partial charge >= 0.3 is 0 Å². The maximum absolute atomic E-state index is 12.3. The predicted molar refractivity (Wildman–Crippen MR) is 92.9 cm³/mol. The number of aryl methyl sites for hydroxylation is 1. The number of rotatable bonds is 5. The van der Waals surface area contributed by atoms with Crippen LogP contribution in [0.5, 0.6) is 0 Å². The molecule has 1 aromatic heterocycles. The highest BCUT2D eigenvalue weighted by Crippen LogP contribution is 2.17. The number of para-hydroxylation sites is 1. The molecule has 2 N–H and O–H groups in total. The van der Waals surface area contributed by atoms with Crippen molar-refractivity contribution in [3.05, 3.63) is 59.8 Å². The molecule has 0 aliphatic heterocycles. The van der Waals surface area contributed by atoms with Crippen LogP contribution in [0.15, 0.2) is 48.5 Å². The van der Waals surface area contributed by atoms with E-state index >= 15 is 0 Å². The summed E-state index contributed by atoms with van der Waals surface area (Å²) in [5.41, 5.74) is 3.56. The van der Waals surface area contributed by atoms with E-state index in [4.69, 9.17) is 0 Å². The topological polar surface area (TPSA) is 61.0 Å². The average Bonchev–Trinajstić information content (AvgIpc) is 2.98. The van der Waals surface area contributed by atoms with E-state index in [0.29, 0.717) is 12.2 Å². The second kappa shape index (κ2) is 6.52. The number of carbonyl (C=O) groups excluding carboxylic acids is 1. The van der Waals surface area contributed by atoms with Gasteiger partial charge in [0, 0.05) is 31.2 Å². The summed E-state index contributed by atoms with van der Waals surface area (Å²) < 4.78 is 0. The molecule has 23 heavy (non-hydrogen) atoms. The van der Waals surface area contributed by atoms with Crippen LogP contribution in [-0.2, 0) is 0 Å². The van der Waals surface area contributed by atoms with Crippen molar-refractivity contribution in [3.8, 4) is 0 Å². The molecule has 0 unspecified atom stereocenters. The van der Waals surface area contributed by atoms with Gasteiger partial charge in [0.05, 0.1) is 5.52 Å². The smallest absolute Gasteiger partial charge is 0.272 e. The van der Waals surface area contributed by atoms with Gasteiger partial charge in [-0.2, -0.15) is 5.10 Å². The van der Waals surface area contributed by atoms with Crippen LogP contribution in [0.1, 0.15) is 16.1 Å². The first kappa shape index (κ1) is 15.1. The molecule has 5 heteroatoms. The highest BCUT2D eigenvalue weighted by Gasteiger charge is 2.13. The van der Waals surface area contributed by atoms with Crippen molar-refractivity contribution in [2.45, 2.75) is 6.92 Å². The largest absolute Gasteiger partial charge is 0.373 e. The van der Waals surface area contributed by atoms with Crippen LogP contribution >= 0.6 is 0 Å². The summed E-state index contributed by atoms with van der Waals surface area (Å²) in [5.74, 6) is -0.150. The van der Waals surface area contributed by atoms with Crippen LogP contribution in [0.4, 0.5) is 5.69 Å². The molecule has 1 amide bonds. The quantitative estimate of drug-likeness (QED) is 0.762. The van der Waals surface area contributed by atoms with E-state index in [1.54, 1.807) is 0 Å². The number of amides is 1. The van der Waals surface area contributed by atoms with Crippen LogP contribution in [0.2, 0.25) is 0 Å². The van der Waals surface area contributed by atoms with Crippen molar-refractivity contribution in [2.24, 2.45) is 0 Å². The Bertz CT molecular complexity index is 810. The lowest BCUT2D eigenvalue weighted by molar-refractivity contribution is 0.0951. The number of H-pyrrole nitrogens is 1. The molecular weight excluding hydrogens is 288 g/mol. The number of nitrogens with one attached hydrogen (secondary N) is 2.